The number of aryl methyl sites for hydroxylation is 2. The first-order valence-electron chi connectivity index (χ1n) is 10.2. The highest BCUT2D eigenvalue weighted by molar-refractivity contribution is 7.87. The fourth-order valence-corrected chi connectivity index (χ4v) is 5.55. The van der Waals surface area contributed by atoms with Crippen LogP contribution in [0.1, 0.15) is 22.7 Å². The van der Waals surface area contributed by atoms with Crippen LogP contribution in [-0.2, 0) is 27.8 Å². The summed E-state index contributed by atoms with van der Waals surface area (Å²) in [4.78, 5) is 11.2. The molecule has 0 fully saturated rings. The van der Waals surface area contributed by atoms with E-state index in [9.17, 15) is 13.2 Å². The normalized spacial score (nSPS) is 12.7. The first kappa shape index (κ1) is 22.9. The molecule has 2 heterocycles. The largest absolute Gasteiger partial charge is 0.420 e. The molecule has 0 radical (unpaired) electrons. The third-order valence-corrected chi connectivity index (χ3v) is 6.93. The van der Waals surface area contributed by atoms with E-state index >= 15 is 0 Å². The van der Waals surface area contributed by atoms with Crippen LogP contribution in [0.4, 0.5) is 4.79 Å². The molecular weight excluding hydrogens is 464 g/mol. The van der Waals surface area contributed by atoms with Crippen molar-refractivity contribution in [2.75, 3.05) is 5.75 Å². The topological polar surface area (TPSA) is 109 Å². The molecule has 0 saturated carbocycles. The number of aromatic nitrogens is 3. The maximum Gasteiger partial charge on any atom is 0.420 e. The van der Waals surface area contributed by atoms with Crippen LogP contribution in [0.15, 0.2) is 60.8 Å². The molecule has 0 saturated heterocycles. The van der Waals surface area contributed by atoms with Gasteiger partial charge in [-0.1, -0.05) is 41.9 Å². The predicted octanol–water partition coefficient (Wildman–Crippen LogP) is 4.08. The quantitative estimate of drug-likeness (QED) is 0.396. The van der Waals surface area contributed by atoms with E-state index in [0.717, 1.165) is 27.8 Å². The minimum absolute atomic E-state index is 0.396. The molecule has 172 valence electrons. The molecule has 2 aromatic carbocycles. The molecular formula is C23H23ClN4O4S. The van der Waals surface area contributed by atoms with Gasteiger partial charge in [0, 0.05) is 35.1 Å². The molecule has 10 heteroatoms. The molecule has 0 aliphatic heterocycles. The van der Waals surface area contributed by atoms with Crippen LogP contribution in [0.3, 0.4) is 0 Å². The predicted molar refractivity (Wildman–Crippen MR) is 127 cm³/mol. The maximum atomic E-state index is 12.6. The van der Waals surface area contributed by atoms with Crippen molar-refractivity contribution in [1.29, 1.82) is 0 Å². The Hall–Kier alpha value is -3.30. The average Bonchev–Trinajstić information content (AvgIpc) is 3.25. The molecule has 4 rings (SSSR count). The van der Waals surface area contributed by atoms with Crippen LogP contribution in [0.25, 0.3) is 16.7 Å². The number of carbonyl (C=O) groups is 1. The smallest absolute Gasteiger partial charge is 0.334 e. The molecule has 2 aromatic heterocycles. The molecule has 1 unspecified atom stereocenters. The summed E-state index contributed by atoms with van der Waals surface area (Å²) < 4.78 is 33.3. The van der Waals surface area contributed by atoms with Gasteiger partial charge in [0.25, 0.3) is 0 Å². The summed E-state index contributed by atoms with van der Waals surface area (Å²) in [5.74, 6) is -0.264. The van der Waals surface area contributed by atoms with E-state index in [1.54, 1.807) is 10.7 Å². The number of halogens is 1. The van der Waals surface area contributed by atoms with Crippen molar-refractivity contribution in [3.8, 4) is 5.82 Å². The fourth-order valence-electron chi connectivity index (χ4n) is 4.27. The zero-order chi connectivity index (χ0) is 23.8. The van der Waals surface area contributed by atoms with E-state index in [0.29, 0.717) is 17.1 Å². The van der Waals surface area contributed by atoms with E-state index < -0.39 is 27.9 Å². The van der Waals surface area contributed by atoms with Crippen molar-refractivity contribution in [3.63, 3.8) is 0 Å². The molecule has 1 amide bonds. The van der Waals surface area contributed by atoms with Crippen LogP contribution < -0.4 is 5.73 Å². The van der Waals surface area contributed by atoms with Crippen LogP contribution in [0.5, 0.6) is 0 Å². The van der Waals surface area contributed by atoms with E-state index in [1.807, 2.05) is 73.3 Å². The third-order valence-electron chi connectivity index (χ3n) is 5.47. The van der Waals surface area contributed by atoms with Gasteiger partial charge in [0.1, 0.15) is 5.82 Å². The Morgan fingerprint density at radius 2 is 1.91 bits per heavy atom. The zero-order valence-corrected chi connectivity index (χ0v) is 19.7. The number of hydrogen-bond acceptors (Lipinski definition) is 5. The Morgan fingerprint density at radius 3 is 2.61 bits per heavy atom. The van der Waals surface area contributed by atoms with Gasteiger partial charge in [0.2, 0.25) is 0 Å². The molecule has 33 heavy (non-hydrogen) atoms. The lowest BCUT2D eigenvalue weighted by atomic mass is 9.93. The van der Waals surface area contributed by atoms with E-state index in [-0.39, 0.29) is 0 Å². The molecule has 1 atom stereocenters. The van der Waals surface area contributed by atoms with Gasteiger partial charge in [-0.25, -0.2) is 4.79 Å². The second kappa shape index (κ2) is 8.92. The Kier molecular flexibility index (Phi) is 6.18. The SMILES string of the molecule is Cc1nn(C)c(-n2ccc3cc(Cl)ccc32)c1C(Cc1ccccc1)CS(=O)(=O)OC(N)=O. The van der Waals surface area contributed by atoms with Crippen LogP contribution >= 0.6 is 11.6 Å². The van der Waals surface area contributed by atoms with Crippen LogP contribution in [0.2, 0.25) is 5.02 Å². The summed E-state index contributed by atoms with van der Waals surface area (Å²) in [6, 6.07) is 17.0. The van der Waals surface area contributed by atoms with Gasteiger partial charge >= 0.3 is 16.2 Å². The van der Waals surface area contributed by atoms with E-state index in [4.69, 9.17) is 17.3 Å². The van der Waals surface area contributed by atoms with Crippen LogP contribution in [-0.4, -0.2) is 34.6 Å². The second-order valence-electron chi connectivity index (χ2n) is 7.85. The van der Waals surface area contributed by atoms with E-state index in [2.05, 4.69) is 9.28 Å². The molecule has 0 spiro atoms. The number of carbonyl (C=O) groups excluding carboxylic acids is 1. The number of nitrogens with two attached hydrogens (primary N) is 1. The van der Waals surface area contributed by atoms with Gasteiger partial charge in [-0.15, -0.1) is 0 Å². The minimum Gasteiger partial charge on any atom is -0.334 e. The third kappa shape index (κ3) is 4.89. The number of benzene rings is 2. The summed E-state index contributed by atoms with van der Waals surface area (Å²) in [5.41, 5.74) is 8.25. The summed E-state index contributed by atoms with van der Waals surface area (Å²) in [6.07, 6.45) is 0.937. The number of amides is 1. The van der Waals surface area contributed by atoms with Crippen molar-refractivity contribution in [1.82, 2.24) is 14.3 Å². The van der Waals surface area contributed by atoms with Crippen molar-refractivity contribution >= 4 is 38.7 Å². The Balaban J connectivity index is 1.87. The second-order valence-corrected chi connectivity index (χ2v) is 9.90. The molecule has 2 N–H and O–H groups in total. The number of rotatable bonds is 7. The molecule has 8 nitrogen and oxygen atoms in total. The highest BCUT2D eigenvalue weighted by Crippen LogP contribution is 2.33. The summed E-state index contributed by atoms with van der Waals surface area (Å²) in [7, 11) is -2.42. The van der Waals surface area contributed by atoms with Crippen molar-refractivity contribution in [2.24, 2.45) is 12.8 Å². The highest BCUT2D eigenvalue weighted by Gasteiger charge is 2.30. The molecule has 4 aromatic rings. The van der Waals surface area contributed by atoms with Crippen molar-refractivity contribution < 1.29 is 17.4 Å². The number of fused-ring (bicyclic) bond motifs is 1. The van der Waals surface area contributed by atoms with Gasteiger partial charge in [0.15, 0.2) is 0 Å². The Bertz CT molecular complexity index is 1430. The maximum absolute atomic E-state index is 12.6. The lowest BCUT2D eigenvalue weighted by Crippen LogP contribution is -2.25. The first-order chi connectivity index (χ1) is 15.6. The minimum atomic E-state index is -4.23. The summed E-state index contributed by atoms with van der Waals surface area (Å²) in [5, 5.41) is 6.15. The van der Waals surface area contributed by atoms with Gasteiger partial charge in [-0.3, -0.25) is 4.68 Å². The summed E-state index contributed by atoms with van der Waals surface area (Å²) in [6.45, 7) is 1.83. The number of primary amides is 1. The zero-order valence-electron chi connectivity index (χ0n) is 18.1. The summed E-state index contributed by atoms with van der Waals surface area (Å²) >= 11 is 6.15. The average molecular weight is 487 g/mol. The van der Waals surface area contributed by atoms with Crippen molar-refractivity contribution in [2.45, 2.75) is 19.3 Å². The van der Waals surface area contributed by atoms with Gasteiger partial charge in [-0.2, -0.15) is 13.5 Å². The van der Waals surface area contributed by atoms with Gasteiger partial charge in [0.05, 0.1) is 17.0 Å². The molecule has 0 aliphatic rings. The highest BCUT2D eigenvalue weighted by atomic mass is 35.5. The molecule has 0 aliphatic carbocycles. The first-order valence-corrected chi connectivity index (χ1v) is 12.2. The fraction of sp³-hybridized carbons (Fsp3) is 0.217. The van der Waals surface area contributed by atoms with Crippen LogP contribution in [0, 0.1) is 6.92 Å². The van der Waals surface area contributed by atoms with Crippen molar-refractivity contribution in [3.05, 3.63) is 82.6 Å². The molecule has 0 bridgehead atoms. The Morgan fingerprint density at radius 1 is 1.18 bits per heavy atom. The lowest BCUT2D eigenvalue weighted by Gasteiger charge is -2.19. The van der Waals surface area contributed by atoms with Gasteiger partial charge in [-0.05, 0) is 43.2 Å². The van der Waals surface area contributed by atoms with Gasteiger partial charge < -0.3 is 14.5 Å². The Labute approximate surface area is 196 Å². The number of hydrogen-bond donors (Lipinski definition) is 1. The number of nitrogens with zero attached hydrogens (tertiary/aromatic N) is 3. The standard InChI is InChI=1S/C23H23ClN4O4S/c1-15-21(18(12-16-6-4-3-5-7-16)14-33(30,31)32-23(25)29)22(27(2)26-15)28-11-10-17-13-19(24)8-9-20(17)28/h3-11,13,18H,12,14H2,1-2H3,(H2,25,29). The van der Waals surface area contributed by atoms with E-state index in [1.165, 1.54) is 0 Å². The lowest BCUT2D eigenvalue weighted by molar-refractivity contribution is 0.212. The monoisotopic (exact) mass is 486 g/mol.